The van der Waals surface area contributed by atoms with Gasteiger partial charge < -0.3 is 11.1 Å². The van der Waals surface area contributed by atoms with Crippen molar-refractivity contribution in [2.24, 2.45) is 10.7 Å². The molecule has 0 aliphatic rings. The second-order valence-corrected chi connectivity index (χ2v) is 7.67. The van der Waals surface area contributed by atoms with Crippen molar-refractivity contribution in [1.82, 2.24) is 0 Å². The van der Waals surface area contributed by atoms with Gasteiger partial charge in [0, 0.05) is 11.9 Å². The molecule has 23 heavy (non-hydrogen) atoms. The molecule has 0 aliphatic carbocycles. The van der Waals surface area contributed by atoms with E-state index in [0.29, 0.717) is 12.5 Å². The van der Waals surface area contributed by atoms with Crippen LogP contribution in [-0.4, -0.2) is 20.6 Å². The molecule has 0 spiro atoms. The van der Waals surface area contributed by atoms with E-state index < -0.39 is 9.84 Å². The maximum Gasteiger partial charge on any atom is 0.193 e. The number of nitrogens with one attached hydrogen (secondary N) is 1. The summed E-state index contributed by atoms with van der Waals surface area (Å²) in [4.78, 5) is 4.29. The molecule has 0 amide bonds. The molecule has 2 aromatic rings. The maximum absolute atomic E-state index is 11.5. The smallest absolute Gasteiger partial charge is 0.193 e. The van der Waals surface area contributed by atoms with E-state index in [2.05, 4.69) is 10.3 Å². The van der Waals surface area contributed by atoms with Gasteiger partial charge in [-0.05, 0) is 30.2 Å². The average molecular weight is 331 g/mol. The summed E-state index contributed by atoms with van der Waals surface area (Å²) in [6, 6.07) is 15.2. The van der Waals surface area contributed by atoms with Crippen molar-refractivity contribution in [3.63, 3.8) is 0 Å². The SMILES string of the molecule is Cc1ccc(NC(N)=NCc2ccccc2CS(C)(=O)=O)cc1. The number of nitrogens with two attached hydrogens (primary N) is 1. The zero-order valence-electron chi connectivity index (χ0n) is 13.3. The minimum Gasteiger partial charge on any atom is -0.370 e. The quantitative estimate of drug-likeness (QED) is 0.651. The van der Waals surface area contributed by atoms with Crippen LogP contribution in [0.25, 0.3) is 0 Å². The summed E-state index contributed by atoms with van der Waals surface area (Å²) in [7, 11) is -3.09. The number of aliphatic imine (C=N–C) groups is 1. The number of anilines is 1. The van der Waals surface area contributed by atoms with Crippen molar-refractivity contribution < 1.29 is 8.42 Å². The van der Waals surface area contributed by atoms with Crippen LogP contribution in [0, 0.1) is 6.92 Å². The highest BCUT2D eigenvalue weighted by Gasteiger charge is 2.08. The molecule has 3 N–H and O–H groups in total. The summed E-state index contributed by atoms with van der Waals surface area (Å²) in [5, 5.41) is 3.02. The molecule has 0 aromatic heterocycles. The van der Waals surface area contributed by atoms with E-state index in [0.717, 1.165) is 16.8 Å². The number of aryl methyl sites for hydroxylation is 1. The molecule has 0 atom stereocenters. The molecule has 0 saturated carbocycles. The highest BCUT2D eigenvalue weighted by molar-refractivity contribution is 7.89. The summed E-state index contributed by atoms with van der Waals surface area (Å²) in [6.07, 6.45) is 1.22. The number of rotatable bonds is 5. The summed E-state index contributed by atoms with van der Waals surface area (Å²) < 4.78 is 23.0. The van der Waals surface area contributed by atoms with Crippen molar-refractivity contribution in [3.05, 3.63) is 65.2 Å². The summed E-state index contributed by atoms with van der Waals surface area (Å²) in [5.74, 6) is 0.298. The van der Waals surface area contributed by atoms with Gasteiger partial charge in [0.25, 0.3) is 0 Å². The highest BCUT2D eigenvalue weighted by Crippen LogP contribution is 2.14. The normalized spacial score (nSPS) is 12.2. The van der Waals surface area contributed by atoms with Crippen LogP contribution in [0.4, 0.5) is 5.69 Å². The van der Waals surface area contributed by atoms with Gasteiger partial charge in [0.2, 0.25) is 0 Å². The highest BCUT2D eigenvalue weighted by atomic mass is 32.2. The number of sulfone groups is 1. The van der Waals surface area contributed by atoms with Crippen LogP contribution >= 0.6 is 0 Å². The molecule has 0 fully saturated rings. The van der Waals surface area contributed by atoms with Crippen molar-refractivity contribution in [2.45, 2.75) is 19.2 Å². The van der Waals surface area contributed by atoms with E-state index in [1.54, 1.807) is 6.07 Å². The molecule has 122 valence electrons. The van der Waals surface area contributed by atoms with Crippen molar-refractivity contribution in [1.29, 1.82) is 0 Å². The van der Waals surface area contributed by atoms with Gasteiger partial charge in [-0.1, -0.05) is 42.0 Å². The van der Waals surface area contributed by atoms with Gasteiger partial charge in [-0.3, -0.25) is 0 Å². The molecule has 0 unspecified atom stereocenters. The lowest BCUT2D eigenvalue weighted by atomic mass is 10.1. The molecule has 5 nitrogen and oxygen atoms in total. The van der Waals surface area contributed by atoms with Gasteiger partial charge in [0.15, 0.2) is 15.8 Å². The fraction of sp³-hybridized carbons (Fsp3) is 0.235. The lowest BCUT2D eigenvalue weighted by Crippen LogP contribution is -2.22. The molecule has 6 heteroatoms. The number of hydrogen-bond acceptors (Lipinski definition) is 3. The molecule has 0 radical (unpaired) electrons. The third kappa shape index (κ3) is 5.75. The van der Waals surface area contributed by atoms with E-state index in [1.165, 1.54) is 11.8 Å². The van der Waals surface area contributed by atoms with Gasteiger partial charge in [-0.2, -0.15) is 0 Å². The van der Waals surface area contributed by atoms with E-state index in [4.69, 9.17) is 5.73 Å². The standard InChI is InChI=1S/C17H21N3O2S/c1-13-7-9-16(10-8-13)20-17(18)19-11-14-5-3-4-6-15(14)12-23(2,21)22/h3-10H,11-12H2,1-2H3,(H3,18,19,20). The van der Waals surface area contributed by atoms with Crippen LogP contribution in [0.5, 0.6) is 0 Å². The lowest BCUT2D eigenvalue weighted by molar-refractivity contribution is 0.601. The molecule has 2 aromatic carbocycles. The Morgan fingerprint density at radius 3 is 2.30 bits per heavy atom. The second kappa shape index (κ2) is 7.28. The molecule has 0 aliphatic heterocycles. The van der Waals surface area contributed by atoms with E-state index >= 15 is 0 Å². The molecule has 0 heterocycles. The Morgan fingerprint density at radius 2 is 1.70 bits per heavy atom. The first-order valence-electron chi connectivity index (χ1n) is 7.21. The first-order valence-corrected chi connectivity index (χ1v) is 9.28. The molecule has 2 rings (SSSR count). The zero-order chi connectivity index (χ0) is 16.9. The first-order chi connectivity index (χ1) is 10.8. The summed E-state index contributed by atoms with van der Waals surface area (Å²) >= 11 is 0. The maximum atomic E-state index is 11.5. The van der Waals surface area contributed by atoms with Gasteiger partial charge in [0.1, 0.15) is 0 Å². The van der Waals surface area contributed by atoms with Crippen LogP contribution in [0.3, 0.4) is 0 Å². The van der Waals surface area contributed by atoms with E-state index in [1.807, 2.05) is 49.4 Å². The Morgan fingerprint density at radius 1 is 1.09 bits per heavy atom. The van der Waals surface area contributed by atoms with Gasteiger partial charge in [-0.15, -0.1) is 0 Å². The largest absolute Gasteiger partial charge is 0.370 e. The summed E-state index contributed by atoms with van der Waals surface area (Å²) in [6.45, 7) is 2.34. The van der Waals surface area contributed by atoms with Gasteiger partial charge in [0.05, 0.1) is 12.3 Å². The van der Waals surface area contributed by atoms with Crippen LogP contribution in [0.2, 0.25) is 0 Å². The third-order valence-electron chi connectivity index (χ3n) is 3.28. The monoisotopic (exact) mass is 331 g/mol. The predicted molar refractivity (Wildman–Crippen MR) is 95.1 cm³/mol. The van der Waals surface area contributed by atoms with Crippen molar-refractivity contribution in [2.75, 3.05) is 11.6 Å². The fourth-order valence-corrected chi connectivity index (χ4v) is 2.98. The Labute approximate surface area is 137 Å². The third-order valence-corrected chi connectivity index (χ3v) is 4.12. The predicted octanol–water partition coefficient (Wildman–Crippen LogP) is 2.47. The molecular weight excluding hydrogens is 310 g/mol. The Kier molecular flexibility index (Phi) is 5.39. The topological polar surface area (TPSA) is 84.5 Å². The van der Waals surface area contributed by atoms with E-state index in [-0.39, 0.29) is 5.75 Å². The Bertz CT molecular complexity index is 797. The first kappa shape index (κ1) is 17.0. The average Bonchev–Trinajstić information content (AvgIpc) is 2.47. The van der Waals surface area contributed by atoms with Crippen molar-refractivity contribution in [3.8, 4) is 0 Å². The zero-order valence-corrected chi connectivity index (χ0v) is 14.1. The van der Waals surface area contributed by atoms with E-state index in [9.17, 15) is 8.42 Å². The number of hydrogen-bond donors (Lipinski definition) is 2. The number of benzene rings is 2. The van der Waals surface area contributed by atoms with Gasteiger partial charge in [-0.25, -0.2) is 13.4 Å². The minimum absolute atomic E-state index is 0.00396. The second-order valence-electron chi connectivity index (χ2n) is 5.53. The number of guanidine groups is 1. The Hall–Kier alpha value is -2.34. The van der Waals surface area contributed by atoms with Crippen LogP contribution in [-0.2, 0) is 22.1 Å². The van der Waals surface area contributed by atoms with Crippen LogP contribution in [0.1, 0.15) is 16.7 Å². The van der Waals surface area contributed by atoms with Crippen molar-refractivity contribution >= 4 is 21.5 Å². The molecule has 0 bridgehead atoms. The van der Waals surface area contributed by atoms with Gasteiger partial charge >= 0.3 is 0 Å². The van der Waals surface area contributed by atoms with Crippen LogP contribution < -0.4 is 11.1 Å². The number of nitrogens with zero attached hydrogens (tertiary/aromatic N) is 1. The summed E-state index contributed by atoms with van der Waals surface area (Å²) in [5.41, 5.74) is 9.52. The molecular formula is C17H21N3O2S. The minimum atomic E-state index is -3.09. The fourth-order valence-electron chi connectivity index (χ4n) is 2.13. The van der Waals surface area contributed by atoms with Crippen LogP contribution in [0.15, 0.2) is 53.5 Å². The lowest BCUT2D eigenvalue weighted by Gasteiger charge is -2.08. The molecule has 0 saturated heterocycles. The Balaban J connectivity index is 2.08.